The van der Waals surface area contributed by atoms with Crippen LogP contribution in [0.3, 0.4) is 0 Å². The molecular formula is C16H18N2O4. The second-order valence-corrected chi connectivity index (χ2v) is 5.85. The van der Waals surface area contributed by atoms with Crippen molar-refractivity contribution in [3.05, 3.63) is 35.9 Å². The normalized spacial score (nSPS) is 25.7. The third-order valence-electron chi connectivity index (χ3n) is 4.23. The van der Waals surface area contributed by atoms with Crippen LogP contribution in [-0.2, 0) is 14.3 Å². The first kappa shape index (κ1) is 14.7. The minimum Gasteiger partial charge on any atom is -0.370 e. The van der Waals surface area contributed by atoms with E-state index in [-0.39, 0.29) is 31.6 Å². The molecule has 1 aromatic rings. The van der Waals surface area contributed by atoms with E-state index >= 15 is 0 Å². The summed E-state index contributed by atoms with van der Waals surface area (Å²) >= 11 is 0. The molecule has 1 spiro atoms. The number of imide groups is 1. The Balaban J connectivity index is 1.80. The van der Waals surface area contributed by atoms with Crippen LogP contribution in [0, 0.1) is 5.41 Å². The monoisotopic (exact) mass is 302 g/mol. The fourth-order valence-electron chi connectivity index (χ4n) is 3.07. The molecular weight excluding hydrogens is 284 g/mol. The highest BCUT2D eigenvalue weighted by Crippen LogP contribution is 2.32. The largest absolute Gasteiger partial charge is 0.370 e. The first-order chi connectivity index (χ1) is 10.6. The molecule has 3 rings (SSSR count). The Bertz CT molecular complexity index is 601. The highest BCUT2D eigenvalue weighted by molar-refractivity contribution is 6.00. The van der Waals surface area contributed by atoms with E-state index in [1.165, 1.54) is 0 Å². The van der Waals surface area contributed by atoms with Gasteiger partial charge in [-0.05, 0) is 25.0 Å². The van der Waals surface area contributed by atoms with Crippen molar-refractivity contribution < 1.29 is 19.1 Å². The third-order valence-corrected chi connectivity index (χ3v) is 4.23. The molecule has 2 heterocycles. The zero-order chi connectivity index (χ0) is 15.6. The maximum atomic E-state index is 12.6. The fraction of sp³-hybridized carbons (Fsp3) is 0.438. The average molecular weight is 302 g/mol. The number of hydrogen-bond donors (Lipinski definition) is 1. The van der Waals surface area contributed by atoms with E-state index in [0.717, 1.165) is 0 Å². The number of rotatable bonds is 1. The van der Waals surface area contributed by atoms with Gasteiger partial charge in [0, 0.05) is 18.7 Å². The van der Waals surface area contributed by atoms with Crippen LogP contribution in [0.15, 0.2) is 30.3 Å². The molecule has 1 atom stereocenters. The standard InChI is InChI=1S/C16H18N2O4/c19-13-9-22-11-16(15(21)17-13)7-4-8-18(10-16)14(20)12-5-2-1-3-6-12/h1-3,5-6H,4,7-11H2,(H,17,19,21). The summed E-state index contributed by atoms with van der Waals surface area (Å²) in [5.74, 6) is -0.850. The van der Waals surface area contributed by atoms with Gasteiger partial charge in [0.2, 0.25) is 5.91 Å². The predicted molar refractivity (Wildman–Crippen MR) is 78.0 cm³/mol. The van der Waals surface area contributed by atoms with Crippen molar-refractivity contribution in [3.8, 4) is 0 Å². The van der Waals surface area contributed by atoms with Gasteiger partial charge >= 0.3 is 0 Å². The Morgan fingerprint density at radius 1 is 1.23 bits per heavy atom. The molecule has 0 bridgehead atoms. The van der Waals surface area contributed by atoms with Crippen LogP contribution in [0.5, 0.6) is 0 Å². The van der Waals surface area contributed by atoms with Crippen LogP contribution in [0.1, 0.15) is 23.2 Å². The Morgan fingerprint density at radius 3 is 2.77 bits per heavy atom. The molecule has 1 N–H and O–H groups in total. The molecule has 2 saturated heterocycles. The van der Waals surface area contributed by atoms with E-state index in [1.54, 1.807) is 17.0 Å². The molecule has 22 heavy (non-hydrogen) atoms. The van der Waals surface area contributed by atoms with Crippen LogP contribution in [0.25, 0.3) is 0 Å². The lowest BCUT2D eigenvalue weighted by Gasteiger charge is -2.40. The van der Waals surface area contributed by atoms with Gasteiger partial charge in [-0.2, -0.15) is 0 Å². The smallest absolute Gasteiger partial charge is 0.253 e. The van der Waals surface area contributed by atoms with Crippen molar-refractivity contribution in [2.24, 2.45) is 5.41 Å². The predicted octanol–water partition coefficient (Wildman–Crippen LogP) is 0.582. The number of piperidine rings is 1. The van der Waals surface area contributed by atoms with E-state index < -0.39 is 11.3 Å². The number of nitrogens with zero attached hydrogens (tertiary/aromatic N) is 1. The molecule has 3 amide bonds. The lowest BCUT2D eigenvalue weighted by Crippen LogP contribution is -2.54. The topological polar surface area (TPSA) is 75.7 Å². The van der Waals surface area contributed by atoms with E-state index in [1.807, 2.05) is 18.2 Å². The summed E-state index contributed by atoms with van der Waals surface area (Å²) in [7, 11) is 0. The SMILES string of the molecule is O=C1COCC2(CCCN(C(=O)c3ccccc3)C2)C(=O)N1. The minimum absolute atomic E-state index is 0.0944. The van der Waals surface area contributed by atoms with Crippen molar-refractivity contribution in [1.29, 1.82) is 0 Å². The number of carbonyl (C=O) groups excluding carboxylic acids is 3. The third kappa shape index (κ3) is 2.74. The molecule has 1 aromatic carbocycles. The van der Waals surface area contributed by atoms with Crippen LogP contribution >= 0.6 is 0 Å². The fourth-order valence-corrected chi connectivity index (χ4v) is 3.07. The summed E-state index contributed by atoms with van der Waals surface area (Å²) < 4.78 is 5.33. The average Bonchev–Trinajstić information content (AvgIpc) is 2.67. The lowest BCUT2D eigenvalue weighted by atomic mass is 9.79. The number of carbonyl (C=O) groups is 3. The van der Waals surface area contributed by atoms with Crippen molar-refractivity contribution >= 4 is 17.7 Å². The van der Waals surface area contributed by atoms with Crippen LogP contribution in [-0.4, -0.2) is 48.9 Å². The van der Waals surface area contributed by atoms with Crippen LogP contribution < -0.4 is 5.32 Å². The molecule has 0 radical (unpaired) electrons. The first-order valence-electron chi connectivity index (χ1n) is 7.37. The lowest BCUT2D eigenvalue weighted by molar-refractivity contribution is -0.137. The minimum atomic E-state index is -0.825. The second-order valence-electron chi connectivity index (χ2n) is 5.85. The second kappa shape index (κ2) is 5.88. The van der Waals surface area contributed by atoms with E-state index in [2.05, 4.69) is 5.32 Å². The van der Waals surface area contributed by atoms with Gasteiger partial charge in [-0.25, -0.2) is 0 Å². The van der Waals surface area contributed by atoms with E-state index in [4.69, 9.17) is 4.74 Å². The number of benzene rings is 1. The highest BCUT2D eigenvalue weighted by atomic mass is 16.5. The number of nitrogens with one attached hydrogen (secondary N) is 1. The number of hydrogen-bond acceptors (Lipinski definition) is 4. The van der Waals surface area contributed by atoms with Crippen molar-refractivity contribution in [3.63, 3.8) is 0 Å². The molecule has 6 heteroatoms. The summed E-state index contributed by atoms with van der Waals surface area (Å²) in [5.41, 5.74) is -0.222. The molecule has 0 saturated carbocycles. The molecule has 0 aromatic heterocycles. The summed E-state index contributed by atoms with van der Waals surface area (Å²) in [5, 5.41) is 2.36. The van der Waals surface area contributed by atoms with Crippen molar-refractivity contribution in [1.82, 2.24) is 10.2 Å². The number of likely N-dealkylation sites (tertiary alicyclic amines) is 1. The van der Waals surface area contributed by atoms with Gasteiger partial charge in [0.15, 0.2) is 0 Å². The first-order valence-corrected chi connectivity index (χ1v) is 7.37. The zero-order valence-electron chi connectivity index (χ0n) is 12.2. The molecule has 2 aliphatic rings. The highest BCUT2D eigenvalue weighted by Gasteiger charge is 2.45. The van der Waals surface area contributed by atoms with Gasteiger partial charge in [0.25, 0.3) is 11.8 Å². The quantitative estimate of drug-likeness (QED) is 0.770. The summed E-state index contributed by atoms with van der Waals surface area (Å²) in [4.78, 5) is 38.0. The Morgan fingerprint density at radius 2 is 2.00 bits per heavy atom. The molecule has 1 unspecified atom stereocenters. The maximum Gasteiger partial charge on any atom is 0.253 e. The van der Waals surface area contributed by atoms with Gasteiger partial charge in [-0.15, -0.1) is 0 Å². The Labute approximate surface area is 128 Å². The Kier molecular flexibility index (Phi) is 3.94. The Hall–Kier alpha value is -2.21. The van der Waals surface area contributed by atoms with Gasteiger partial charge in [-0.3, -0.25) is 19.7 Å². The summed E-state index contributed by atoms with van der Waals surface area (Å²) in [6.07, 6.45) is 1.33. The van der Waals surface area contributed by atoms with E-state index in [9.17, 15) is 14.4 Å². The van der Waals surface area contributed by atoms with Crippen molar-refractivity contribution in [2.45, 2.75) is 12.8 Å². The van der Waals surface area contributed by atoms with Gasteiger partial charge in [-0.1, -0.05) is 18.2 Å². The van der Waals surface area contributed by atoms with Gasteiger partial charge < -0.3 is 9.64 Å². The zero-order valence-corrected chi connectivity index (χ0v) is 12.2. The molecule has 0 aliphatic carbocycles. The summed E-state index contributed by atoms with van der Waals surface area (Å²) in [6, 6.07) is 9.00. The summed E-state index contributed by atoms with van der Waals surface area (Å²) in [6.45, 7) is 0.944. The maximum absolute atomic E-state index is 12.6. The number of ether oxygens (including phenoxy) is 1. The van der Waals surface area contributed by atoms with Crippen LogP contribution in [0.2, 0.25) is 0 Å². The molecule has 2 fully saturated rings. The number of amides is 3. The van der Waals surface area contributed by atoms with Crippen LogP contribution in [0.4, 0.5) is 0 Å². The molecule has 2 aliphatic heterocycles. The van der Waals surface area contributed by atoms with Crippen molar-refractivity contribution in [2.75, 3.05) is 26.3 Å². The van der Waals surface area contributed by atoms with E-state index in [0.29, 0.717) is 24.9 Å². The molecule has 116 valence electrons. The van der Waals surface area contributed by atoms with Gasteiger partial charge in [0.05, 0.1) is 12.0 Å². The van der Waals surface area contributed by atoms with Gasteiger partial charge in [0.1, 0.15) is 6.61 Å². The molecule has 6 nitrogen and oxygen atoms in total.